The van der Waals surface area contributed by atoms with Gasteiger partial charge in [0.1, 0.15) is 11.9 Å². The summed E-state index contributed by atoms with van der Waals surface area (Å²) in [5, 5.41) is 0. The zero-order valence-corrected chi connectivity index (χ0v) is 17.6. The van der Waals surface area contributed by atoms with E-state index >= 15 is 0 Å². The normalized spacial score (nSPS) is 21.0. The fraction of sp³-hybridized carbons (Fsp3) is 0.458. The SMILES string of the molecule is COC(C)C(=O)N(c1ccccc1F)[C@@H]1CCN(CCc2ccccc2)C[C@@H]1C. The molecule has 1 amide bonds. The third kappa shape index (κ3) is 5.22. The number of para-hydroxylation sites is 1. The maximum Gasteiger partial charge on any atom is 0.256 e. The lowest BCUT2D eigenvalue weighted by Gasteiger charge is -2.43. The second-order valence-corrected chi connectivity index (χ2v) is 7.91. The number of carbonyl (C=O) groups is 1. The highest BCUT2D eigenvalue weighted by atomic mass is 19.1. The predicted molar refractivity (Wildman–Crippen MR) is 115 cm³/mol. The van der Waals surface area contributed by atoms with Gasteiger partial charge >= 0.3 is 0 Å². The van der Waals surface area contributed by atoms with E-state index in [9.17, 15) is 9.18 Å². The van der Waals surface area contributed by atoms with Crippen molar-refractivity contribution in [3.63, 3.8) is 0 Å². The van der Waals surface area contributed by atoms with E-state index in [1.165, 1.54) is 18.7 Å². The molecular formula is C24H31FN2O2. The highest BCUT2D eigenvalue weighted by Crippen LogP contribution is 2.30. The first-order chi connectivity index (χ1) is 14.0. The standard InChI is InChI=1S/C24H31FN2O2/c1-18-17-26(15-13-20-9-5-4-6-10-20)16-14-22(18)27(24(28)19(2)29-3)23-12-8-7-11-21(23)25/h4-12,18-19,22H,13-17H2,1-3H3/t18-,19?,22+/m0/s1. The molecule has 0 aromatic heterocycles. The molecule has 1 fully saturated rings. The summed E-state index contributed by atoms with van der Waals surface area (Å²) in [6.45, 7) is 6.63. The molecular weight excluding hydrogens is 367 g/mol. The number of amides is 1. The van der Waals surface area contributed by atoms with Gasteiger partial charge in [0, 0.05) is 32.8 Å². The first-order valence-corrected chi connectivity index (χ1v) is 10.4. The van der Waals surface area contributed by atoms with Crippen LogP contribution in [-0.2, 0) is 16.0 Å². The van der Waals surface area contributed by atoms with Crippen LogP contribution in [0.25, 0.3) is 0 Å². The second-order valence-electron chi connectivity index (χ2n) is 7.91. The van der Waals surface area contributed by atoms with Crippen molar-refractivity contribution < 1.29 is 13.9 Å². The monoisotopic (exact) mass is 398 g/mol. The summed E-state index contributed by atoms with van der Waals surface area (Å²) in [7, 11) is 1.51. The van der Waals surface area contributed by atoms with Gasteiger partial charge in [-0.15, -0.1) is 0 Å². The topological polar surface area (TPSA) is 32.8 Å². The van der Waals surface area contributed by atoms with Gasteiger partial charge in [-0.3, -0.25) is 4.79 Å². The van der Waals surface area contributed by atoms with Crippen LogP contribution in [0.4, 0.5) is 10.1 Å². The van der Waals surface area contributed by atoms with Crippen molar-refractivity contribution in [2.24, 2.45) is 5.92 Å². The Morgan fingerprint density at radius 1 is 1.21 bits per heavy atom. The van der Waals surface area contributed by atoms with Crippen molar-refractivity contribution in [2.45, 2.75) is 38.8 Å². The Hall–Kier alpha value is -2.24. The van der Waals surface area contributed by atoms with Crippen LogP contribution in [0.15, 0.2) is 54.6 Å². The lowest BCUT2D eigenvalue weighted by atomic mass is 9.91. The fourth-order valence-corrected chi connectivity index (χ4v) is 4.14. The number of benzene rings is 2. The van der Waals surface area contributed by atoms with Crippen LogP contribution in [-0.4, -0.2) is 49.7 Å². The molecule has 1 unspecified atom stereocenters. The Kier molecular flexibility index (Phi) is 7.40. The summed E-state index contributed by atoms with van der Waals surface area (Å²) in [5.74, 6) is -0.331. The lowest BCUT2D eigenvalue weighted by Crippen LogP contribution is -2.55. The third-order valence-corrected chi connectivity index (χ3v) is 5.89. The van der Waals surface area contributed by atoms with Crippen molar-refractivity contribution >= 4 is 11.6 Å². The number of carbonyl (C=O) groups excluding carboxylic acids is 1. The number of piperidine rings is 1. The molecule has 0 aliphatic carbocycles. The molecule has 5 heteroatoms. The zero-order chi connectivity index (χ0) is 20.8. The van der Waals surface area contributed by atoms with E-state index in [4.69, 9.17) is 4.74 Å². The average Bonchev–Trinajstić information content (AvgIpc) is 2.75. The number of hydrogen-bond acceptors (Lipinski definition) is 3. The molecule has 4 nitrogen and oxygen atoms in total. The quantitative estimate of drug-likeness (QED) is 0.703. The van der Waals surface area contributed by atoms with Crippen molar-refractivity contribution in [2.75, 3.05) is 31.6 Å². The molecule has 0 N–H and O–H groups in total. The average molecular weight is 399 g/mol. The van der Waals surface area contributed by atoms with Crippen LogP contribution in [0.1, 0.15) is 25.8 Å². The van der Waals surface area contributed by atoms with Gasteiger partial charge in [-0.05, 0) is 43.4 Å². The van der Waals surface area contributed by atoms with Gasteiger partial charge in [-0.1, -0.05) is 49.4 Å². The Labute approximate surface area is 173 Å². The molecule has 156 valence electrons. The third-order valence-electron chi connectivity index (χ3n) is 5.89. The first kappa shape index (κ1) is 21.5. The van der Waals surface area contributed by atoms with Crippen molar-refractivity contribution in [3.8, 4) is 0 Å². The van der Waals surface area contributed by atoms with Gasteiger partial charge in [-0.2, -0.15) is 0 Å². The lowest BCUT2D eigenvalue weighted by molar-refractivity contribution is -0.128. The fourth-order valence-electron chi connectivity index (χ4n) is 4.14. The van der Waals surface area contributed by atoms with Gasteiger partial charge in [0.15, 0.2) is 0 Å². The van der Waals surface area contributed by atoms with Gasteiger partial charge in [-0.25, -0.2) is 4.39 Å². The van der Waals surface area contributed by atoms with E-state index in [1.54, 1.807) is 30.0 Å². The van der Waals surface area contributed by atoms with E-state index in [2.05, 4.69) is 36.1 Å². The minimum absolute atomic E-state index is 0.0509. The van der Waals surface area contributed by atoms with Crippen LogP contribution in [0.2, 0.25) is 0 Å². The molecule has 0 saturated carbocycles. The summed E-state index contributed by atoms with van der Waals surface area (Å²) in [4.78, 5) is 17.2. The number of anilines is 1. The highest BCUT2D eigenvalue weighted by molar-refractivity contribution is 5.97. The maximum absolute atomic E-state index is 14.6. The number of ether oxygens (including phenoxy) is 1. The van der Waals surface area contributed by atoms with Crippen molar-refractivity contribution in [1.82, 2.24) is 4.90 Å². The number of likely N-dealkylation sites (tertiary alicyclic amines) is 1. The largest absolute Gasteiger partial charge is 0.372 e. The van der Waals surface area contributed by atoms with E-state index in [0.29, 0.717) is 5.69 Å². The molecule has 2 aromatic rings. The molecule has 1 heterocycles. The van der Waals surface area contributed by atoms with Crippen molar-refractivity contribution in [3.05, 3.63) is 66.0 Å². The van der Waals surface area contributed by atoms with Crippen molar-refractivity contribution in [1.29, 1.82) is 0 Å². The molecule has 0 spiro atoms. The number of rotatable bonds is 7. The molecule has 1 aliphatic rings. The van der Waals surface area contributed by atoms with E-state index in [-0.39, 0.29) is 23.7 Å². The molecule has 2 aromatic carbocycles. The smallest absolute Gasteiger partial charge is 0.256 e. The minimum Gasteiger partial charge on any atom is -0.372 e. The first-order valence-electron chi connectivity index (χ1n) is 10.4. The molecule has 0 radical (unpaired) electrons. The second kappa shape index (κ2) is 9.99. The van der Waals surface area contributed by atoms with Crippen LogP contribution >= 0.6 is 0 Å². The summed E-state index contributed by atoms with van der Waals surface area (Å²) in [6.07, 6.45) is 1.21. The van der Waals surface area contributed by atoms with Crippen LogP contribution in [0, 0.1) is 11.7 Å². The number of nitrogens with zero attached hydrogens (tertiary/aromatic N) is 2. The van der Waals surface area contributed by atoms with Crippen LogP contribution in [0.3, 0.4) is 0 Å². The molecule has 0 bridgehead atoms. The summed E-state index contributed by atoms with van der Waals surface area (Å²) in [5.41, 5.74) is 1.68. The summed E-state index contributed by atoms with van der Waals surface area (Å²) < 4.78 is 19.9. The maximum atomic E-state index is 14.6. The Bertz CT molecular complexity index is 798. The van der Waals surface area contributed by atoms with Gasteiger partial charge in [0.25, 0.3) is 5.91 Å². The molecule has 3 rings (SSSR count). The summed E-state index contributed by atoms with van der Waals surface area (Å²) in [6, 6.07) is 16.9. The van der Waals surface area contributed by atoms with E-state index < -0.39 is 6.10 Å². The minimum atomic E-state index is -0.613. The zero-order valence-electron chi connectivity index (χ0n) is 17.6. The number of methoxy groups -OCH3 is 1. The van der Waals surface area contributed by atoms with E-state index in [0.717, 1.165) is 32.5 Å². The van der Waals surface area contributed by atoms with Gasteiger partial charge in [0.05, 0.1) is 5.69 Å². The number of halogens is 1. The van der Waals surface area contributed by atoms with E-state index in [1.807, 2.05) is 6.07 Å². The van der Waals surface area contributed by atoms with Crippen LogP contribution in [0.5, 0.6) is 0 Å². The van der Waals surface area contributed by atoms with Crippen LogP contribution < -0.4 is 4.90 Å². The molecule has 1 aliphatic heterocycles. The Morgan fingerprint density at radius 2 is 1.90 bits per heavy atom. The molecule has 3 atom stereocenters. The predicted octanol–water partition coefficient (Wildman–Crippen LogP) is 4.15. The Morgan fingerprint density at radius 3 is 2.55 bits per heavy atom. The highest BCUT2D eigenvalue weighted by Gasteiger charge is 2.36. The Balaban J connectivity index is 1.72. The molecule has 29 heavy (non-hydrogen) atoms. The van der Waals surface area contributed by atoms with Gasteiger partial charge in [0.2, 0.25) is 0 Å². The van der Waals surface area contributed by atoms with Gasteiger partial charge < -0.3 is 14.5 Å². The number of hydrogen-bond donors (Lipinski definition) is 0. The molecule has 1 saturated heterocycles. The summed E-state index contributed by atoms with van der Waals surface area (Å²) >= 11 is 0.